The molecule has 0 radical (unpaired) electrons. The van der Waals surface area contributed by atoms with Gasteiger partial charge in [-0.2, -0.15) is 4.98 Å². The highest BCUT2D eigenvalue weighted by atomic mass is 16.5. The molecule has 3 rings (SSSR count). The van der Waals surface area contributed by atoms with Gasteiger partial charge in [-0.05, 0) is 18.2 Å². The smallest absolute Gasteiger partial charge is 0.247 e. The minimum absolute atomic E-state index is 0.137. The number of nitrogens with zero attached hydrogens (tertiary/aromatic N) is 3. The topological polar surface area (TPSA) is 72.2 Å². The molecule has 2 heterocycles. The number of aromatic nitrogens is 3. The SMILES string of the molecule is OCCNCCn1ccc2ncnc(Oc3ccccc3)c21. The van der Waals surface area contributed by atoms with Crippen LogP contribution >= 0.6 is 0 Å². The molecule has 0 aliphatic carbocycles. The summed E-state index contributed by atoms with van der Waals surface area (Å²) in [5, 5.41) is 11.9. The standard InChI is InChI=1S/C16H18N4O2/c21-11-8-17-7-10-20-9-6-14-15(20)16(19-12-18-14)22-13-4-2-1-3-5-13/h1-6,9,12,17,21H,7-8,10-11H2. The Morgan fingerprint density at radius 1 is 1.09 bits per heavy atom. The zero-order valence-corrected chi connectivity index (χ0v) is 12.1. The van der Waals surface area contributed by atoms with Gasteiger partial charge in [0.1, 0.15) is 17.6 Å². The van der Waals surface area contributed by atoms with E-state index in [-0.39, 0.29) is 6.61 Å². The second kappa shape index (κ2) is 7.02. The molecule has 0 amide bonds. The summed E-state index contributed by atoms with van der Waals surface area (Å²) in [5.74, 6) is 1.29. The monoisotopic (exact) mass is 298 g/mol. The lowest BCUT2D eigenvalue weighted by atomic mass is 10.3. The molecule has 22 heavy (non-hydrogen) atoms. The fourth-order valence-corrected chi connectivity index (χ4v) is 2.27. The Labute approximate surface area is 128 Å². The number of nitrogens with one attached hydrogen (secondary N) is 1. The molecule has 6 nitrogen and oxygen atoms in total. The molecule has 114 valence electrons. The third-order valence-corrected chi connectivity index (χ3v) is 3.29. The number of para-hydroxylation sites is 1. The normalized spacial score (nSPS) is 11.0. The van der Waals surface area contributed by atoms with Crippen molar-refractivity contribution in [3.05, 3.63) is 48.9 Å². The molecule has 0 aliphatic heterocycles. The molecule has 0 saturated heterocycles. The third-order valence-electron chi connectivity index (χ3n) is 3.29. The third kappa shape index (κ3) is 3.24. The van der Waals surface area contributed by atoms with E-state index in [0.717, 1.165) is 29.9 Å². The van der Waals surface area contributed by atoms with Crippen LogP contribution in [0.15, 0.2) is 48.9 Å². The van der Waals surface area contributed by atoms with Crippen LogP contribution < -0.4 is 10.1 Å². The van der Waals surface area contributed by atoms with Crippen LogP contribution in [0, 0.1) is 0 Å². The minimum Gasteiger partial charge on any atom is -0.437 e. The fourth-order valence-electron chi connectivity index (χ4n) is 2.27. The van der Waals surface area contributed by atoms with E-state index >= 15 is 0 Å². The van der Waals surface area contributed by atoms with Gasteiger partial charge >= 0.3 is 0 Å². The van der Waals surface area contributed by atoms with E-state index in [1.54, 1.807) is 0 Å². The predicted octanol–water partition coefficient (Wildman–Crippen LogP) is 1.81. The molecule has 1 aromatic carbocycles. The highest BCUT2D eigenvalue weighted by molar-refractivity contribution is 5.80. The summed E-state index contributed by atoms with van der Waals surface area (Å²) < 4.78 is 7.94. The maximum atomic E-state index is 8.79. The van der Waals surface area contributed by atoms with Crippen molar-refractivity contribution in [2.24, 2.45) is 0 Å². The van der Waals surface area contributed by atoms with Gasteiger partial charge in [-0.3, -0.25) is 0 Å². The number of rotatable bonds is 7. The summed E-state index contributed by atoms with van der Waals surface area (Å²) in [6.07, 6.45) is 3.48. The van der Waals surface area contributed by atoms with E-state index in [0.29, 0.717) is 12.4 Å². The van der Waals surface area contributed by atoms with Gasteiger partial charge in [0.2, 0.25) is 5.88 Å². The van der Waals surface area contributed by atoms with E-state index in [1.807, 2.05) is 42.6 Å². The number of hydrogen-bond acceptors (Lipinski definition) is 5. The molecule has 0 unspecified atom stereocenters. The van der Waals surface area contributed by atoms with Crippen molar-refractivity contribution in [2.75, 3.05) is 19.7 Å². The largest absolute Gasteiger partial charge is 0.437 e. The van der Waals surface area contributed by atoms with Crippen molar-refractivity contribution in [1.82, 2.24) is 19.9 Å². The number of aliphatic hydroxyl groups excluding tert-OH is 1. The molecule has 2 aromatic heterocycles. The zero-order chi connectivity index (χ0) is 15.2. The summed E-state index contributed by atoms with van der Waals surface area (Å²) in [6.45, 7) is 2.23. The Balaban J connectivity index is 1.84. The second-order valence-corrected chi connectivity index (χ2v) is 4.81. The zero-order valence-electron chi connectivity index (χ0n) is 12.1. The molecular formula is C16H18N4O2. The van der Waals surface area contributed by atoms with Crippen LogP contribution in [0.4, 0.5) is 0 Å². The Bertz CT molecular complexity index is 727. The molecule has 0 atom stereocenters. The molecule has 0 fully saturated rings. The van der Waals surface area contributed by atoms with Crippen LogP contribution in [0.5, 0.6) is 11.6 Å². The number of fused-ring (bicyclic) bond motifs is 1. The molecule has 2 N–H and O–H groups in total. The van der Waals surface area contributed by atoms with Crippen LogP contribution in [0.3, 0.4) is 0 Å². The summed E-state index contributed by atoms with van der Waals surface area (Å²) in [7, 11) is 0. The Morgan fingerprint density at radius 2 is 1.95 bits per heavy atom. The minimum atomic E-state index is 0.137. The lowest BCUT2D eigenvalue weighted by Gasteiger charge is -2.10. The van der Waals surface area contributed by atoms with Gasteiger partial charge in [-0.15, -0.1) is 0 Å². The first-order valence-corrected chi connectivity index (χ1v) is 7.23. The van der Waals surface area contributed by atoms with Gasteiger partial charge in [-0.25, -0.2) is 4.98 Å². The summed E-state index contributed by atoms with van der Waals surface area (Å²) in [5.41, 5.74) is 1.72. The van der Waals surface area contributed by atoms with Crippen LogP contribution in [-0.2, 0) is 6.54 Å². The van der Waals surface area contributed by atoms with Crippen LogP contribution in [0.2, 0.25) is 0 Å². The Kier molecular flexibility index (Phi) is 4.62. The molecule has 6 heteroatoms. The average molecular weight is 298 g/mol. The number of ether oxygens (including phenoxy) is 1. The van der Waals surface area contributed by atoms with E-state index in [9.17, 15) is 0 Å². The number of aliphatic hydroxyl groups is 1. The highest BCUT2D eigenvalue weighted by Crippen LogP contribution is 2.26. The van der Waals surface area contributed by atoms with Crippen molar-refractivity contribution in [2.45, 2.75) is 6.54 Å². The van der Waals surface area contributed by atoms with Gasteiger partial charge in [0.05, 0.1) is 12.1 Å². The summed E-state index contributed by atoms with van der Waals surface area (Å²) in [6, 6.07) is 11.5. The highest BCUT2D eigenvalue weighted by Gasteiger charge is 2.11. The van der Waals surface area contributed by atoms with Crippen molar-refractivity contribution in [3.8, 4) is 11.6 Å². The van der Waals surface area contributed by atoms with Gasteiger partial charge in [0, 0.05) is 25.8 Å². The van der Waals surface area contributed by atoms with Crippen molar-refractivity contribution in [1.29, 1.82) is 0 Å². The van der Waals surface area contributed by atoms with E-state index < -0.39 is 0 Å². The Hall–Kier alpha value is -2.44. The maximum Gasteiger partial charge on any atom is 0.247 e. The van der Waals surface area contributed by atoms with Crippen LogP contribution in [-0.4, -0.2) is 39.3 Å². The molecule has 0 bridgehead atoms. The summed E-state index contributed by atoms with van der Waals surface area (Å²) in [4.78, 5) is 8.54. The molecule has 0 aliphatic rings. The number of hydrogen-bond donors (Lipinski definition) is 2. The quantitative estimate of drug-likeness (QED) is 0.651. The molecule has 3 aromatic rings. The fraction of sp³-hybridized carbons (Fsp3) is 0.250. The van der Waals surface area contributed by atoms with Crippen molar-refractivity contribution >= 4 is 11.0 Å². The van der Waals surface area contributed by atoms with E-state index in [2.05, 4.69) is 19.9 Å². The molecule has 0 saturated carbocycles. The first kappa shape index (κ1) is 14.5. The van der Waals surface area contributed by atoms with Crippen LogP contribution in [0.1, 0.15) is 0 Å². The first-order valence-electron chi connectivity index (χ1n) is 7.23. The molecule has 0 spiro atoms. The maximum absolute atomic E-state index is 8.79. The predicted molar refractivity (Wildman–Crippen MR) is 84.0 cm³/mol. The second-order valence-electron chi connectivity index (χ2n) is 4.81. The lowest BCUT2D eigenvalue weighted by molar-refractivity contribution is 0.291. The first-order chi connectivity index (χ1) is 10.9. The van der Waals surface area contributed by atoms with Crippen LogP contribution in [0.25, 0.3) is 11.0 Å². The van der Waals surface area contributed by atoms with Gasteiger partial charge < -0.3 is 19.7 Å². The van der Waals surface area contributed by atoms with Gasteiger partial charge in [-0.1, -0.05) is 18.2 Å². The lowest BCUT2D eigenvalue weighted by Crippen LogP contribution is -2.22. The average Bonchev–Trinajstić information content (AvgIpc) is 2.97. The van der Waals surface area contributed by atoms with Gasteiger partial charge in [0.25, 0.3) is 0 Å². The molecular weight excluding hydrogens is 280 g/mol. The summed E-state index contributed by atoms with van der Waals surface area (Å²) >= 11 is 0. The van der Waals surface area contributed by atoms with E-state index in [1.165, 1.54) is 6.33 Å². The number of benzene rings is 1. The van der Waals surface area contributed by atoms with E-state index in [4.69, 9.17) is 9.84 Å². The van der Waals surface area contributed by atoms with Gasteiger partial charge in [0.15, 0.2) is 0 Å². The van der Waals surface area contributed by atoms with Crippen molar-refractivity contribution in [3.63, 3.8) is 0 Å². The Morgan fingerprint density at radius 3 is 2.77 bits per heavy atom. The van der Waals surface area contributed by atoms with Crippen molar-refractivity contribution < 1.29 is 9.84 Å².